The van der Waals surface area contributed by atoms with Gasteiger partial charge in [-0.15, -0.1) is 0 Å². The molecule has 3 aromatic rings. The first kappa shape index (κ1) is 19.3. The topological polar surface area (TPSA) is 30.7 Å². The van der Waals surface area contributed by atoms with Gasteiger partial charge in [0.25, 0.3) is 0 Å². The van der Waals surface area contributed by atoms with Crippen molar-refractivity contribution >= 4 is 28.2 Å². The number of halogens is 1. The van der Waals surface area contributed by atoms with Crippen molar-refractivity contribution in [1.29, 1.82) is 0 Å². The van der Waals surface area contributed by atoms with Crippen molar-refractivity contribution in [2.24, 2.45) is 0 Å². The van der Waals surface area contributed by atoms with Crippen molar-refractivity contribution in [3.63, 3.8) is 0 Å². The summed E-state index contributed by atoms with van der Waals surface area (Å²) >= 11 is 5.82. The van der Waals surface area contributed by atoms with Gasteiger partial charge in [-0.1, -0.05) is 42.5 Å². The van der Waals surface area contributed by atoms with Crippen molar-refractivity contribution in [2.45, 2.75) is 38.6 Å². The van der Waals surface area contributed by atoms with E-state index in [4.69, 9.17) is 16.3 Å². The van der Waals surface area contributed by atoms with Gasteiger partial charge in [-0.3, -0.25) is 9.69 Å². The summed E-state index contributed by atoms with van der Waals surface area (Å²) in [6, 6.07) is 19.2. The number of fused-ring (bicyclic) bond motifs is 4. The van der Waals surface area contributed by atoms with Gasteiger partial charge in [0.1, 0.15) is 23.7 Å². The monoisotopic (exact) mass is 418 g/mol. The van der Waals surface area contributed by atoms with Gasteiger partial charge in [0.05, 0.1) is 18.2 Å². The quantitative estimate of drug-likeness (QED) is 0.597. The van der Waals surface area contributed by atoms with E-state index in [-0.39, 0.29) is 11.7 Å². The highest BCUT2D eigenvalue weighted by molar-refractivity contribution is 6.63. The number of nitrogens with one attached hydrogen (secondary N) is 1. The fourth-order valence-electron chi connectivity index (χ4n) is 5.16. The first-order valence-corrected chi connectivity index (χ1v) is 11.0. The van der Waals surface area contributed by atoms with Gasteiger partial charge in [-0.25, -0.2) is 0 Å². The molecule has 1 aliphatic heterocycles. The third-order valence-corrected chi connectivity index (χ3v) is 6.54. The molecule has 0 bridgehead atoms. The van der Waals surface area contributed by atoms with Crippen LogP contribution < -0.4 is 9.64 Å². The Kier molecular flexibility index (Phi) is 5.10. The van der Waals surface area contributed by atoms with Crippen LogP contribution in [0.3, 0.4) is 0 Å². The van der Waals surface area contributed by atoms with E-state index in [1.807, 2.05) is 18.2 Å². The van der Waals surface area contributed by atoms with Crippen LogP contribution >= 0.6 is 11.6 Å². The van der Waals surface area contributed by atoms with Crippen molar-refractivity contribution in [2.75, 3.05) is 7.11 Å². The molecule has 2 aliphatic rings. The summed E-state index contributed by atoms with van der Waals surface area (Å²) in [6.45, 7) is 0.848. The maximum Gasteiger partial charge on any atom is 0.226 e. The summed E-state index contributed by atoms with van der Waals surface area (Å²) < 4.78 is 6.04. The number of hydrogen-bond acceptors (Lipinski definition) is 2. The molecule has 4 heteroatoms. The first-order valence-electron chi connectivity index (χ1n) is 10.6. The molecule has 0 amide bonds. The summed E-state index contributed by atoms with van der Waals surface area (Å²) in [5, 5.41) is -0.335. The van der Waals surface area contributed by atoms with E-state index in [2.05, 4.69) is 36.4 Å². The van der Waals surface area contributed by atoms with E-state index in [9.17, 15) is 4.79 Å². The lowest BCUT2D eigenvalue weighted by Gasteiger charge is -2.22. The Morgan fingerprint density at radius 2 is 1.80 bits per heavy atom. The Morgan fingerprint density at radius 3 is 2.57 bits per heavy atom. The molecule has 0 radical (unpaired) electrons. The number of aryl methyl sites for hydroxylation is 1. The molecule has 1 N–H and O–H groups in total. The molecule has 0 aromatic heterocycles. The number of methoxy groups -OCH3 is 1. The number of rotatable bonds is 5. The molecular formula is C26H25ClNO2+. The molecule has 0 saturated carbocycles. The van der Waals surface area contributed by atoms with Gasteiger partial charge in [0.15, 0.2) is 0 Å². The minimum atomic E-state index is -0.335. The number of carbonyl (C=O) groups is 1. The van der Waals surface area contributed by atoms with Gasteiger partial charge in [-0.2, -0.15) is 0 Å². The second-order valence-electron chi connectivity index (χ2n) is 8.19. The van der Waals surface area contributed by atoms with Crippen molar-refractivity contribution in [1.82, 2.24) is 0 Å². The van der Waals surface area contributed by atoms with Gasteiger partial charge >= 0.3 is 0 Å². The summed E-state index contributed by atoms with van der Waals surface area (Å²) in [6.07, 6.45) is 4.79. The van der Waals surface area contributed by atoms with Crippen LogP contribution in [-0.2, 0) is 30.6 Å². The molecule has 0 spiro atoms. The molecule has 1 atom stereocenters. The van der Waals surface area contributed by atoms with Crippen LogP contribution in [0, 0.1) is 0 Å². The number of quaternary nitrogens is 1. The highest BCUT2D eigenvalue weighted by Crippen LogP contribution is 2.49. The fraction of sp³-hybridized carbons (Fsp3) is 0.269. The summed E-state index contributed by atoms with van der Waals surface area (Å²) in [7, 11) is 1.77. The largest absolute Gasteiger partial charge is 0.496 e. The molecule has 30 heavy (non-hydrogen) atoms. The van der Waals surface area contributed by atoms with Crippen LogP contribution in [0.4, 0.5) is 11.4 Å². The van der Waals surface area contributed by atoms with Crippen LogP contribution in [-0.4, -0.2) is 12.4 Å². The Hall–Kier alpha value is -2.62. The highest BCUT2D eigenvalue weighted by atomic mass is 35.5. The molecule has 1 aliphatic carbocycles. The Balaban J connectivity index is 1.76. The van der Waals surface area contributed by atoms with Crippen molar-refractivity contribution in [3.05, 3.63) is 76.9 Å². The number of hydrogen-bond donors (Lipinski definition) is 1. The average Bonchev–Trinajstić information content (AvgIpc) is 3.06. The lowest BCUT2D eigenvalue weighted by Crippen LogP contribution is -2.99. The molecule has 0 saturated heterocycles. The zero-order valence-electron chi connectivity index (χ0n) is 17.1. The second-order valence-corrected chi connectivity index (χ2v) is 8.61. The van der Waals surface area contributed by atoms with E-state index in [0.717, 1.165) is 41.8 Å². The molecule has 1 heterocycles. The maximum absolute atomic E-state index is 11.8. The van der Waals surface area contributed by atoms with E-state index in [1.54, 1.807) is 7.11 Å². The predicted octanol–water partition coefficient (Wildman–Crippen LogP) is 4.91. The smallest absolute Gasteiger partial charge is 0.226 e. The average molecular weight is 419 g/mol. The predicted molar refractivity (Wildman–Crippen MR) is 120 cm³/mol. The zero-order chi connectivity index (χ0) is 20.7. The molecule has 1 unspecified atom stereocenters. The van der Waals surface area contributed by atoms with Crippen LogP contribution in [0.25, 0.3) is 11.1 Å². The second kappa shape index (κ2) is 7.90. The van der Waals surface area contributed by atoms with E-state index in [0.29, 0.717) is 0 Å². The first-order chi connectivity index (χ1) is 14.7. The third-order valence-electron chi connectivity index (χ3n) is 6.41. The van der Waals surface area contributed by atoms with E-state index >= 15 is 0 Å². The van der Waals surface area contributed by atoms with Crippen LogP contribution in [0.15, 0.2) is 54.6 Å². The van der Waals surface area contributed by atoms with Gasteiger partial charge in [0.2, 0.25) is 5.24 Å². The van der Waals surface area contributed by atoms with Gasteiger partial charge in [-0.05, 0) is 54.0 Å². The highest BCUT2D eigenvalue weighted by Gasteiger charge is 2.38. The Labute approximate surface area is 182 Å². The van der Waals surface area contributed by atoms with Crippen LogP contribution in [0.5, 0.6) is 5.75 Å². The number of benzene rings is 3. The van der Waals surface area contributed by atoms with Gasteiger partial charge in [0, 0.05) is 24.1 Å². The molecule has 0 fully saturated rings. The molecular weight excluding hydrogens is 394 g/mol. The SMILES string of the molecule is COc1c2c(cc3c1-c1c(CC(=O)Cl)cccc1[NH+]3Cc1ccccc1)CCCC2. The molecule has 3 aromatic carbocycles. The lowest BCUT2D eigenvalue weighted by molar-refractivity contribution is -0.772. The Bertz CT molecular complexity index is 1120. The summed E-state index contributed by atoms with van der Waals surface area (Å²) in [5.41, 5.74) is 9.72. The molecule has 3 nitrogen and oxygen atoms in total. The summed E-state index contributed by atoms with van der Waals surface area (Å²) in [4.78, 5) is 13.1. The van der Waals surface area contributed by atoms with Gasteiger partial charge < -0.3 is 4.74 Å². The molecule has 152 valence electrons. The minimum absolute atomic E-state index is 0.225. The number of ether oxygens (including phenoxy) is 1. The summed E-state index contributed by atoms with van der Waals surface area (Å²) in [5.74, 6) is 0.987. The van der Waals surface area contributed by atoms with Crippen LogP contribution in [0.1, 0.15) is 35.1 Å². The Morgan fingerprint density at radius 1 is 1.00 bits per heavy atom. The number of carbonyl (C=O) groups excluding carboxylic acids is 1. The maximum atomic E-state index is 11.8. The third kappa shape index (κ3) is 3.23. The van der Waals surface area contributed by atoms with E-state index in [1.165, 1.54) is 45.8 Å². The zero-order valence-corrected chi connectivity index (χ0v) is 17.9. The van der Waals surface area contributed by atoms with Crippen LogP contribution in [0.2, 0.25) is 0 Å². The standard InChI is InChI=1S/C26H24ClNO2/c1-30-26-20-12-6-5-10-18(20)14-22-25(26)24-19(15-23(27)29)11-7-13-21(24)28(22)16-17-8-3-2-4-9-17/h2-4,7-9,11,13-14H,5-6,10,12,15-16H2,1H3/p+1. The lowest BCUT2D eigenvalue weighted by atomic mass is 9.86. The van der Waals surface area contributed by atoms with Crippen molar-refractivity contribution in [3.8, 4) is 16.9 Å². The molecule has 5 rings (SSSR count). The normalized spacial score (nSPS) is 16.5. The fourth-order valence-corrected chi connectivity index (χ4v) is 5.30. The van der Waals surface area contributed by atoms with E-state index < -0.39 is 0 Å². The minimum Gasteiger partial charge on any atom is -0.496 e. The van der Waals surface area contributed by atoms with Crippen molar-refractivity contribution < 1.29 is 14.4 Å².